The molecule has 0 spiro atoms. The molecule has 1 N–H and O–H groups in total. The van der Waals surface area contributed by atoms with Crippen LogP contribution >= 0.6 is 24.8 Å². The maximum atomic E-state index is 10.7. The number of pyridine rings is 2. The molecule has 3 aromatic rings. The van der Waals surface area contributed by atoms with Gasteiger partial charge in [-0.25, -0.2) is 0 Å². The van der Waals surface area contributed by atoms with Crippen molar-refractivity contribution < 1.29 is 9.28 Å². The second kappa shape index (κ2) is 52.9. The predicted octanol–water partition coefficient (Wildman–Crippen LogP) is 17.1. The van der Waals surface area contributed by atoms with Gasteiger partial charge in [-0.2, -0.15) is 0 Å². The molecule has 0 aliphatic heterocycles. The van der Waals surface area contributed by atoms with Gasteiger partial charge in [-0.1, -0.05) is 230 Å². The minimum atomic E-state index is 0. The zero-order chi connectivity index (χ0) is 43.7. The zero-order valence-electron chi connectivity index (χ0n) is 41.1. The van der Waals surface area contributed by atoms with Crippen molar-refractivity contribution in [2.45, 2.75) is 220 Å². The van der Waals surface area contributed by atoms with Gasteiger partial charge in [0.2, 0.25) is 5.91 Å². The van der Waals surface area contributed by atoms with E-state index in [1.165, 1.54) is 198 Å². The molecule has 3 rings (SSSR count). The molecule has 2 aromatic heterocycles. The summed E-state index contributed by atoms with van der Waals surface area (Å²) in [5.74, 6) is 0.0998. The molecule has 0 aliphatic rings. The van der Waals surface area contributed by atoms with E-state index in [1.54, 1.807) is 31.7 Å². The number of carbonyl (C=O) groups is 1. The second-order valence-electron chi connectivity index (χ2n) is 17.7. The first kappa shape index (κ1) is 63.8. The van der Waals surface area contributed by atoms with Crippen molar-refractivity contribution in [1.82, 2.24) is 15.3 Å². The van der Waals surface area contributed by atoms with Gasteiger partial charge in [0, 0.05) is 43.8 Å². The monoisotopic (exact) mass is 902 g/mol. The summed E-state index contributed by atoms with van der Waals surface area (Å²) < 4.78 is 1.11. The van der Waals surface area contributed by atoms with E-state index in [2.05, 4.69) is 73.6 Å². The number of benzene rings is 1. The Morgan fingerprint density at radius 1 is 0.435 bits per heavy atom. The average molecular weight is 903 g/mol. The summed E-state index contributed by atoms with van der Waals surface area (Å²) in [7, 11) is 4.72. The Labute approximate surface area is 397 Å². The number of amides is 1. The lowest BCUT2D eigenvalue weighted by Gasteiger charge is -2.30. The van der Waals surface area contributed by atoms with Gasteiger partial charge in [0.15, 0.2) is 0 Å². The van der Waals surface area contributed by atoms with E-state index in [-0.39, 0.29) is 30.7 Å². The molecule has 0 saturated heterocycles. The minimum Gasteiger partial charge on any atom is -0.356 e. The van der Waals surface area contributed by atoms with Crippen LogP contribution in [-0.2, 0) is 11.3 Å². The van der Waals surface area contributed by atoms with Crippen molar-refractivity contribution in [2.75, 3.05) is 27.2 Å². The number of unbranched alkanes of at least 4 members (excludes halogenated alkanes) is 28. The zero-order valence-corrected chi connectivity index (χ0v) is 42.7. The molecule has 0 bridgehead atoms. The molecule has 0 radical (unpaired) electrons. The number of aromatic nitrogens is 2. The summed E-state index contributed by atoms with van der Waals surface area (Å²) in [4.78, 5) is 18.3. The summed E-state index contributed by atoms with van der Waals surface area (Å²) in [6.07, 6.45) is 49.5. The van der Waals surface area contributed by atoms with Crippen molar-refractivity contribution in [3.8, 4) is 0 Å². The van der Waals surface area contributed by atoms with E-state index in [0.29, 0.717) is 0 Å². The fourth-order valence-corrected chi connectivity index (χ4v) is 7.45. The third-order valence-corrected chi connectivity index (χ3v) is 11.1. The standard InChI is InChI=1S/C24H49NO.C21H38N.2C5H5N.2ClH/c1-3-4-5-6-7-8-9-10-11-12-13-14-15-16-17-18-19-20-21-22-23-25-24(2)26;1-4-5-6-7-8-9-10-11-12-16-19-22(2,3)20-21-17-14-13-15-18-21;2*1-2-4-6-5-3-1;;/h3-23H2,1-2H3,(H,25,26);13-15,17-18H,4-12,16,19-20H2,1-3H3;2*1-5H;2*1H/q;+1;;;;. The van der Waals surface area contributed by atoms with Crippen molar-refractivity contribution in [3.05, 3.63) is 97.1 Å². The quantitative estimate of drug-likeness (QED) is 0.0480. The van der Waals surface area contributed by atoms with Crippen molar-refractivity contribution in [2.24, 2.45) is 0 Å². The van der Waals surface area contributed by atoms with Gasteiger partial charge in [-0.05, 0) is 43.5 Å². The first-order chi connectivity index (χ1) is 29.4. The van der Waals surface area contributed by atoms with Gasteiger partial charge < -0.3 is 9.80 Å². The molecule has 5 nitrogen and oxygen atoms in total. The Kier molecular flexibility index (Phi) is 54.4. The van der Waals surface area contributed by atoms with Crippen LogP contribution in [0.1, 0.15) is 219 Å². The number of quaternary nitrogens is 1. The largest absolute Gasteiger partial charge is 0.356 e. The molecule has 358 valence electrons. The lowest BCUT2D eigenvalue weighted by atomic mass is 10.0. The van der Waals surface area contributed by atoms with Crippen LogP contribution in [-0.4, -0.2) is 47.5 Å². The fraction of sp³-hybridized carbons (Fsp3) is 0.691. The molecule has 0 unspecified atom stereocenters. The lowest BCUT2D eigenvalue weighted by molar-refractivity contribution is -0.903. The minimum absolute atomic E-state index is 0. The summed E-state index contributed by atoms with van der Waals surface area (Å²) >= 11 is 0. The third kappa shape index (κ3) is 53.7. The van der Waals surface area contributed by atoms with Crippen LogP contribution in [0.25, 0.3) is 0 Å². The van der Waals surface area contributed by atoms with Crippen LogP contribution in [0.5, 0.6) is 0 Å². The number of rotatable bonds is 34. The van der Waals surface area contributed by atoms with Gasteiger partial charge >= 0.3 is 0 Å². The highest BCUT2D eigenvalue weighted by Crippen LogP contribution is 2.16. The molecule has 1 aromatic carbocycles. The van der Waals surface area contributed by atoms with Crippen LogP contribution in [0.4, 0.5) is 0 Å². The normalized spacial score (nSPS) is 10.3. The van der Waals surface area contributed by atoms with Crippen molar-refractivity contribution in [3.63, 3.8) is 0 Å². The highest BCUT2D eigenvalue weighted by molar-refractivity contribution is 5.85. The molecule has 0 fully saturated rings. The third-order valence-electron chi connectivity index (χ3n) is 11.1. The van der Waals surface area contributed by atoms with Crippen molar-refractivity contribution in [1.29, 1.82) is 0 Å². The van der Waals surface area contributed by atoms with E-state index in [4.69, 9.17) is 0 Å². The van der Waals surface area contributed by atoms with E-state index >= 15 is 0 Å². The van der Waals surface area contributed by atoms with E-state index < -0.39 is 0 Å². The molecule has 0 atom stereocenters. The van der Waals surface area contributed by atoms with Crippen LogP contribution < -0.4 is 5.32 Å². The SMILES string of the molecule is CCCCCCCCCCCCCCCCCCCCCCNC(C)=O.CCCCCCCCCCCC[N+](C)(C)Cc1ccccc1.Cl.Cl.c1ccncc1.c1ccncc1. The number of nitrogens with zero attached hydrogens (tertiary/aromatic N) is 3. The van der Waals surface area contributed by atoms with E-state index in [0.717, 1.165) is 24.0 Å². The Hall–Kier alpha value is -2.47. The topological polar surface area (TPSA) is 54.9 Å². The van der Waals surface area contributed by atoms with Crippen LogP contribution in [0.15, 0.2) is 91.5 Å². The Balaban J connectivity index is -0.000000861. The Morgan fingerprint density at radius 2 is 0.726 bits per heavy atom. The molecule has 1 amide bonds. The van der Waals surface area contributed by atoms with Gasteiger partial charge in [0.25, 0.3) is 0 Å². The summed E-state index contributed by atoms with van der Waals surface area (Å²) in [5, 5.41) is 2.87. The average Bonchev–Trinajstić information content (AvgIpc) is 3.27. The summed E-state index contributed by atoms with van der Waals surface area (Å²) in [5.41, 5.74) is 1.46. The predicted molar refractivity (Wildman–Crippen MR) is 279 cm³/mol. The van der Waals surface area contributed by atoms with Crippen LogP contribution in [0.2, 0.25) is 0 Å². The molecular weight excluding hydrogens is 804 g/mol. The second-order valence-corrected chi connectivity index (χ2v) is 17.7. The van der Waals surface area contributed by atoms with Crippen LogP contribution in [0, 0.1) is 0 Å². The highest BCUT2D eigenvalue weighted by Gasteiger charge is 2.14. The van der Waals surface area contributed by atoms with Gasteiger partial charge in [-0.3, -0.25) is 14.8 Å². The molecule has 0 saturated carbocycles. The highest BCUT2D eigenvalue weighted by atomic mass is 35.5. The van der Waals surface area contributed by atoms with E-state index in [9.17, 15) is 4.79 Å². The molecule has 62 heavy (non-hydrogen) atoms. The maximum Gasteiger partial charge on any atom is 0.216 e. The van der Waals surface area contributed by atoms with Crippen LogP contribution in [0.3, 0.4) is 0 Å². The van der Waals surface area contributed by atoms with Gasteiger partial charge in [-0.15, -0.1) is 24.8 Å². The fourth-order valence-electron chi connectivity index (χ4n) is 7.45. The number of carbonyl (C=O) groups excluding carboxylic acids is 1. The first-order valence-corrected chi connectivity index (χ1v) is 25.2. The number of halogens is 2. The number of hydrogen-bond acceptors (Lipinski definition) is 3. The lowest BCUT2D eigenvalue weighted by Crippen LogP contribution is -2.39. The van der Waals surface area contributed by atoms with Crippen molar-refractivity contribution >= 4 is 30.7 Å². The molecular formula is C55H99Cl2N4O+. The Bertz CT molecular complexity index is 1130. The van der Waals surface area contributed by atoms with Gasteiger partial charge in [0.05, 0.1) is 20.6 Å². The molecule has 0 aliphatic carbocycles. The Morgan fingerprint density at radius 3 is 1.00 bits per heavy atom. The molecule has 2 heterocycles. The smallest absolute Gasteiger partial charge is 0.216 e. The summed E-state index contributed by atoms with van der Waals surface area (Å²) in [6, 6.07) is 22.3. The number of nitrogens with one attached hydrogen (secondary N) is 1. The summed E-state index contributed by atoms with van der Waals surface area (Å²) in [6.45, 7) is 9.48. The first-order valence-electron chi connectivity index (χ1n) is 25.2. The van der Waals surface area contributed by atoms with Gasteiger partial charge in [0.1, 0.15) is 6.54 Å². The van der Waals surface area contributed by atoms with E-state index in [1.807, 2.05) is 36.4 Å². The molecule has 7 heteroatoms. The maximum absolute atomic E-state index is 10.7. The number of hydrogen-bond donors (Lipinski definition) is 1.